The lowest BCUT2D eigenvalue weighted by molar-refractivity contribution is -0.151. The number of aryl methyl sites for hydroxylation is 1. The molecule has 0 aromatic heterocycles. The molecule has 0 aliphatic carbocycles. The van der Waals surface area contributed by atoms with Gasteiger partial charge in [0.05, 0.1) is 17.5 Å². The molecule has 3 rings (SSSR count). The van der Waals surface area contributed by atoms with Gasteiger partial charge in [-0.25, -0.2) is 13.1 Å². The average Bonchev–Trinajstić information content (AvgIpc) is 2.84. The summed E-state index contributed by atoms with van der Waals surface area (Å²) in [4.78, 5) is 38.2. The summed E-state index contributed by atoms with van der Waals surface area (Å²) >= 11 is 0. The zero-order chi connectivity index (χ0) is 18.2. The maximum atomic E-state index is 12.2. The van der Waals surface area contributed by atoms with Crippen molar-refractivity contribution in [3.05, 3.63) is 29.8 Å². The van der Waals surface area contributed by atoms with Crippen LogP contribution in [-0.4, -0.2) is 61.6 Å². The molecule has 25 heavy (non-hydrogen) atoms. The highest BCUT2D eigenvalue weighted by Crippen LogP contribution is 2.22. The lowest BCUT2D eigenvalue weighted by Crippen LogP contribution is -2.63. The molecule has 2 aliphatic heterocycles. The lowest BCUT2D eigenvalue weighted by Gasteiger charge is -2.43. The van der Waals surface area contributed by atoms with Crippen molar-refractivity contribution < 1.29 is 22.8 Å². The van der Waals surface area contributed by atoms with Crippen molar-refractivity contribution in [3.63, 3.8) is 0 Å². The highest BCUT2D eigenvalue weighted by atomic mass is 32.2. The fourth-order valence-electron chi connectivity index (χ4n) is 2.96. The summed E-state index contributed by atoms with van der Waals surface area (Å²) in [7, 11) is -3.76. The van der Waals surface area contributed by atoms with Crippen LogP contribution >= 0.6 is 0 Å². The number of hydrogen-bond donors (Lipinski definition) is 1. The third-order valence-electron chi connectivity index (χ3n) is 4.38. The van der Waals surface area contributed by atoms with Gasteiger partial charge >= 0.3 is 0 Å². The van der Waals surface area contributed by atoms with Gasteiger partial charge in [0.25, 0.3) is 0 Å². The van der Waals surface area contributed by atoms with Crippen molar-refractivity contribution in [2.75, 3.05) is 19.6 Å². The van der Waals surface area contributed by atoms with E-state index in [9.17, 15) is 22.8 Å². The second-order valence-electron chi connectivity index (χ2n) is 6.25. The van der Waals surface area contributed by atoms with E-state index < -0.39 is 10.0 Å². The van der Waals surface area contributed by atoms with Crippen LogP contribution in [0.3, 0.4) is 0 Å². The predicted octanol–water partition coefficient (Wildman–Crippen LogP) is -0.367. The van der Waals surface area contributed by atoms with Crippen LogP contribution in [0, 0.1) is 6.92 Å². The molecule has 2 aliphatic rings. The van der Waals surface area contributed by atoms with Gasteiger partial charge in [0, 0.05) is 25.9 Å². The van der Waals surface area contributed by atoms with Crippen molar-refractivity contribution >= 4 is 27.7 Å². The first-order chi connectivity index (χ1) is 11.8. The van der Waals surface area contributed by atoms with Gasteiger partial charge in [-0.2, -0.15) is 0 Å². The van der Waals surface area contributed by atoms with Crippen LogP contribution in [0.15, 0.2) is 29.2 Å². The Hall–Kier alpha value is -2.26. The largest absolute Gasteiger partial charge is 0.337 e. The number of hydrogen-bond acceptors (Lipinski definition) is 5. The summed E-state index contributed by atoms with van der Waals surface area (Å²) in [5.74, 6) is -0.795. The molecule has 2 heterocycles. The Bertz CT molecular complexity index is 814. The van der Waals surface area contributed by atoms with Crippen molar-refractivity contribution in [1.29, 1.82) is 0 Å². The van der Waals surface area contributed by atoms with Crippen LogP contribution in [0.25, 0.3) is 0 Å². The second-order valence-corrected chi connectivity index (χ2v) is 8.02. The molecule has 9 heteroatoms. The quantitative estimate of drug-likeness (QED) is 0.717. The van der Waals surface area contributed by atoms with Crippen molar-refractivity contribution in [2.24, 2.45) is 0 Å². The predicted molar refractivity (Wildman–Crippen MR) is 87.8 cm³/mol. The summed E-state index contributed by atoms with van der Waals surface area (Å²) in [5, 5.41) is 0. The Morgan fingerprint density at radius 3 is 2.44 bits per heavy atom. The maximum Gasteiger partial charge on any atom is 0.241 e. The molecule has 2 saturated heterocycles. The zero-order valence-corrected chi connectivity index (χ0v) is 14.6. The first-order valence-electron chi connectivity index (χ1n) is 7.97. The number of benzene rings is 1. The minimum Gasteiger partial charge on any atom is -0.337 e. The molecule has 134 valence electrons. The summed E-state index contributed by atoms with van der Waals surface area (Å²) in [6, 6.07) is 6.11. The van der Waals surface area contributed by atoms with Gasteiger partial charge < -0.3 is 4.90 Å². The molecule has 0 unspecified atom stereocenters. The molecule has 0 radical (unpaired) electrons. The smallest absolute Gasteiger partial charge is 0.241 e. The average molecular weight is 365 g/mol. The molecule has 2 fully saturated rings. The summed E-state index contributed by atoms with van der Waals surface area (Å²) in [6.45, 7) is 1.93. The van der Waals surface area contributed by atoms with Crippen LogP contribution in [-0.2, 0) is 24.4 Å². The number of carbonyl (C=O) groups excluding carboxylic acids is 3. The van der Waals surface area contributed by atoms with E-state index in [4.69, 9.17) is 0 Å². The Kier molecular flexibility index (Phi) is 4.61. The molecule has 0 spiro atoms. The van der Waals surface area contributed by atoms with Crippen LogP contribution in [0.1, 0.15) is 18.4 Å². The molecule has 8 nitrogen and oxygen atoms in total. The van der Waals surface area contributed by atoms with Crippen LogP contribution in [0.5, 0.6) is 0 Å². The topological polar surface area (TPSA) is 104 Å². The molecular formula is C16H19N3O5S. The Balaban J connectivity index is 1.52. The SMILES string of the molecule is Cc1cccc(S(=O)(=O)NCC(=O)N2CC(N3C(=O)CCC3=O)C2)c1. The number of likely N-dealkylation sites (tertiary alicyclic amines) is 2. The van der Waals surface area contributed by atoms with Crippen LogP contribution in [0.4, 0.5) is 0 Å². The number of rotatable bonds is 5. The van der Waals surface area contributed by atoms with Gasteiger partial charge in [-0.15, -0.1) is 0 Å². The number of amides is 3. The minimum absolute atomic E-state index is 0.107. The minimum atomic E-state index is -3.76. The summed E-state index contributed by atoms with van der Waals surface area (Å²) in [6.07, 6.45) is 0.444. The highest BCUT2D eigenvalue weighted by Gasteiger charge is 2.42. The second kappa shape index (κ2) is 6.57. The molecular weight excluding hydrogens is 346 g/mol. The lowest BCUT2D eigenvalue weighted by atomic mass is 10.1. The first kappa shape index (κ1) is 17.6. The zero-order valence-electron chi connectivity index (χ0n) is 13.8. The monoisotopic (exact) mass is 365 g/mol. The maximum absolute atomic E-state index is 12.2. The first-order valence-corrected chi connectivity index (χ1v) is 9.45. The van der Waals surface area contributed by atoms with Gasteiger partial charge in [-0.05, 0) is 24.6 Å². The molecule has 1 N–H and O–H groups in total. The molecule has 1 aromatic carbocycles. The fraction of sp³-hybridized carbons (Fsp3) is 0.438. The van der Waals surface area contributed by atoms with Gasteiger partial charge in [0.15, 0.2) is 0 Å². The van der Waals surface area contributed by atoms with Gasteiger partial charge in [-0.3, -0.25) is 19.3 Å². The summed E-state index contributed by atoms with van der Waals surface area (Å²) in [5.41, 5.74) is 0.805. The standard InChI is InChI=1S/C16H19N3O5S/c1-11-3-2-4-13(7-11)25(23,24)17-8-16(22)18-9-12(10-18)19-14(20)5-6-15(19)21/h2-4,7,12,17H,5-6,8-10H2,1H3. The van der Waals surface area contributed by atoms with E-state index in [1.54, 1.807) is 19.1 Å². The molecule has 3 amide bonds. The Morgan fingerprint density at radius 2 is 1.84 bits per heavy atom. The number of carbonyl (C=O) groups is 3. The van der Waals surface area contributed by atoms with E-state index in [1.807, 2.05) is 0 Å². The van der Waals surface area contributed by atoms with E-state index in [1.165, 1.54) is 21.9 Å². The number of sulfonamides is 1. The van der Waals surface area contributed by atoms with Crippen molar-refractivity contribution in [1.82, 2.24) is 14.5 Å². The molecule has 0 bridgehead atoms. The normalized spacial score (nSPS) is 18.6. The Labute approximate surface area is 145 Å². The van der Waals surface area contributed by atoms with Crippen molar-refractivity contribution in [2.45, 2.75) is 30.7 Å². The van der Waals surface area contributed by atoms with E-state index in [2.05, 4.69) is 4.72 Å². The third kappa shape index (κ3) is 3.57. The van der Waals surface area contributed by atoms with Gasteiger partial charge in [-0.1, -0.05) is 12.1 Å². The summed E-state index contributed by atoms with van der Waals surface area (Å²) < 4.78 is 26.7. The van der Waals surface area contributed by atoms with Crippen LogP contribution in [0.2, 0.25) is 0 Å². The molecule has 1 aromatic rings. The number of nitrogens with one attached hydrogen (secondary N) is 1. The molecule has 0 saturated carbocycles. The Morgan fingerprint density at radius 1 is 1.20 bits per heavy atom. The van der Waals surface area contributed by atoms with Gasteiger partial charge in [0.1, 0.15) is 0 Å². The van der Waals surface area contributed by atoms with Crippen molar-refractivity contribution in [3.8, 4) is 0 Å². The van der Waals surface area contributed by atoms with Crippen LogP contribution < -0.4 is 4.72 Å². The van der Waals surface area contributed by atoms with Gasteiger partial charge in [0.2, 0.25) is 27.7 Å². The van der Waals surface area contributed by atoms with E-state index >= 15 is 0 Å². The number of nitrogens with zero attached hydrogens (tertiary/aromatic N) is 2. The highest BCUT2D eigenvalue weighted by molar-refractivity contribution is 7.89. The fourth-order valence-corrected chi connectivity index (χ4v) is 4.04. The third-order valence-corrected chi connectivity index (χ3v) is 5.78. The number of imide groups is 1. The van der Waals surface area contributed by atoms with E-state index in [0.29, 0.717) is 0 Å². The molecule has 0 atom stereocenters. The van der Waals surface area contributed by atoms with E-state index in [0.717, 1.165) is 5.56 Å². The van der Waals surface area contributed by atoms with E-state index in [-0.39, 0.29) is 61.1 Å².